The fourth-order valence-electron chi connectivity index (χ4n) is 2.17. The highest BCUT2D eigenvalue weighted by atomic mass is 35.5. The molecule has 0 saturated heterocycles. The lowest BCUT2D eigenvalue weighted by Gasteiger charge is -2.26. The Kier molecular flexibility index (Phi) is 5.69. The predicted octanol–water partition coefficient (Wildman–Crippen LogP) is 2.39. The minimum atomic E-state index is -1.01. The highest BCUT2D eigenvalue weighted by Crippen LogP contribution is 2.17. The minimum absolute atomic E-state index is 0. The van der Waals surface area contributed by atoms with Crippen LogP contribution >= 0.6 is 12.4 Å². The number of hydrogen-bond acceptors (Lipinski definition) is 2. The summed E-state index contributed by atoms with van der Waals surface area (Å²) in [6.45, 7) is 0. The SMILES string of the molecule is Cl.NC1CCC(NC(=O)c2ccc(F)c(F)c2)CC1. The first-order valence-corrected chi connectivity index (χ1v) is 6.08. The van der Waals surface area contributed by atoms with E-state index in [0.717, 1.165) is 37.8 Å². The number of halogens is 3. The van der Waals surface area contributed by atoms with Gasteiger partial charge in [-0.3, -0.25) is 4.79 Å². The van der Waals surface area contributed by atoms with Gasteiger partial charge in [-0.15, -0.1) is 12.4 Å². The summed E-state index contributed by atoms with van der Waals surface area (Å²) in [7, 11) is 0. The second kappa shape index (κ2) is 6.82. The monoisotopic (exact) mass is 290 g/mol. The first-order chi connectivity index (χ1) is 8.56. The van der Waals surface area contributed by atoms with Crippen molar-refractivity contribution in [2.24, 2.45) is 5.73 Å². The van der Waals surface area contributed by atoms with E-state index in [1.54, 1.807) is 0 Å². The molecule has 0 unspecified atom stereocenters. The maximum atomic E-state index is 13.0. The Bertz CT molecular complexity index is 448. The molecule has 2 rings (SSSR count). The molecule has 0 aliphatic heterocycles. The summed E-state index contributed by atoms with van der Waals surface area (Å²) >= 11 is 0. The number of nitrogens with one attached hydrogen (secondary N) is 1. The molecule has 0 spiro atoms. The molecule has 1 aliphatic carbocycles. The molecule has 1 aromatic carbocycles. The smallest absolute Gasteiger partial charge is 0.251 e. The van der Waals surface area contributed by atoms with Crippen molar-refractivity contribution < 1.29 is 13.6 Å². The Labute approximate surface area is 117 Å². The van der Waals surface area contributed by atoms with Crippen molar-refractivity contribution in [3.05, 3.63) is 35.4 Å². The topological polar surface area (TPSA) is 55.1 Å². The molecule has 1 amide bonds. The summed E-state index contributed by atoms with van der Waals surface area (Å²) in [5, 5.41) is 2.82. The fraction of sp³-hybridized carbons (Fsp3) is 0.462. The van der Waals surface area contributed by atoms with E-state index in [1.165, 1.54) is 6.07 Å². The molecule has 6 heteroatoms. The van der Waals surface area contributed by atoms with Gasteiger partial charge >= 0.3 is 0 Å². The van der Waals surface area contributed by atoms with Gasteiger partial charge < -0.3 is 11.1 Å². The molecule has 19 heavy (non-hydrogen) atoms. The zero-order valence-electron chi connectivity index (χ0n) is 10.4. The van der Waals surface area contributed by atoms with E-state index < -0.39 is 11.6 Å². The molecule has 106 valence electrons. The summed E-state index contributed by atoms with van der Waals surface area (Å²) in [4.78, 5) is 11.8. The second-order valence-corrected chi connectivity index (χ2v) is 4.71. The Morgan fingerprint density at radius 1 is 1.16 bits per heavy atom. The summed E-state index contributed by atoms with van der Waals surface area (Å²) in [6, 6.07) is 3.44. The van der Waals surface area contributed by atoms with Crippen molar-refractivity contribution in [2.75, 3.05) is 0 Å². The third kappa shape index (κ3) is 4.14. The molecule has 3 N–H and O–H groups in total. The number of nitrogens with two attached hydrogens (primary N) is 1. The van der Waals surface area contributed by atoms with Crippen molar-refractivity contribution >= 4 is 18.3 Å². The number of benzene rings is 1. The molecule has 0 radical (unpaired) electrons. The maximum absolute atomic E-state index is 13.0. The lowest BCUT2D eigenvalue weighted by molar-refractivity contribution is 0.0925. The summed E-state index contributed by atoms with van der Waals surface area (Å²) in [5.74, 6) is -2.32. The van der Waals surface area contributed by atoms with Gasteiger partial charge in [0.05, 0.1) is 0 Å². The highest BCUT2D eigenvalue weighted by molar-refractivity contribution is 5.94. The Morgan fingerprint density at radius 2 is 1.79 bits per heavy atom. The number of carbonyl (C=O) groups excluding carboxylic acids is 1. The molecular formula is C13H17ClF2N2O. The molecule has 1 saturated carbocycles. The van der Waals surface area contributed by atoms with Gasteiger partial charge in [0.1, 0.15) is 0 Å². The van der Waals surface area contributed by atoms with Gasteiger partial charge in [-0.1, -0.05) is 0 Å². The summed E-state index contributed by atoms with van der Waals surface area (Å²) in [6.07, 6.45) is 3.42. The zero-order valence-corrected chi connectivity index (χ0v) is 11.2. The number of amides is 1. The van der Waals surface area contributed by atoms with Crippen molar-refractivity contribution in [2.45, 2.75) is 37.8 Å². The van der Waals surface area contributed by atoms with Crippen LogP contribution in [0.1, 0.15) is 36.0 Å². The maximum Gasteiger partial charge on any atom is 0.251 e. The second-order valence-electron chi connectivity index (χ2n) is 4.71. The van der Waals surface area contributed by atoms with Crippen molar-refractivity contribution in [1.29, 1.82) is 0 Å². The van der Waals surface area contributed by atoms with Gasteiger partial charge in [0.2, 0.25) is 0 Å². The van der Waals surface area contributed by atoms with E-state index in [0.29, 0.717) is 0 Å². The molecule has 1 aliphatic rings. The van der Waals surface area contributed by atoms with Crippen molar-refractivity contribution in [1.82, 2.24) is 5.32 Å². The van der Waals surface area contributed by atoms with Gasteiger partial charge in [-0.25, -0.2) is 8.78 Å². The largest absolute Gasteiger partial charge is 0.349 e. The minimum Gasteiger partial charge on any atom is -0.349 e. The van der Waals surface area contributed by atoms with Crippen LogP contribution in [0, 0.1) is 11.6 Å². The number of rotatable bonds is 2. The van der Waals surface area contributed by atoms with Crippen LogP contribution < -0.4 is 11.1 Å². The third-order valence-electron chi connectivity index (χ3n) is 3.29. The normalized spacial score (nSPS) is 22.5. The molecular weight excluding hydrogens is 274 g/mol. The summed E-state index contributed by atoms with van der Waals surface area (Å²) in [5.41, 5.74) is 5.91. The van der Waals surface area contributed by atoms with Crippen LogP contribution in [-0.4, -0.2) is 18.0 Å². The van der Waals surface area contributed by atoms with Crippen molar-refractivity contribution in [3.63, 3.8) is 0 Å². The molecule has 0 atom stereocenters. The van der Waals surface area contributed by atoms with Crippen LogP contribution in [0.25, 0.3) is 0 Å². The van der Waals surface area contributed by atoms with E-state index in [-0.39, 0.29) is 36.0 Å². The molecule has 1 aromatic rings. The Hall–Kier alpha value is -1.20. The first-order valence-electron chi connectivity index (χ1n) is 6.08. The van der Waals surface area contributed by atoms with E-state index in [2.05, 4.69) is 5.32 Å². The average molecular weight is 291 g/mol. The van der Waals surface area contributed by atoms with Crippen LogP contribution in [0.2, 0.25) is 0 Å². The Morgan fingerprint density at radius 3 is 2.37 bits per heavy atom. The average Bonchev–Trinajstić information content (AvgIpc) is 2.35. The van der Waals surface area contributed by atoms with Gasteiger partial charge in [-0.05, 0) is 43.9 Å². The van der Waals surface area contributed by atoms with Gasteiger partial charge in [0.15, 0.2) is 11.6 Å². The van der Waals surface area contributed by atoms with Gasteiger partial charge in [-0.2, -0.15) is 0 Å². The standard InChI is InChI=1S/C13H16F2N2O.ClH/c14-11-6-1-8(7-12(11)15)13(18)17-10-4-2-9(16)3-5-10;/h1,6-7,9-10H,2-5,16H2,(H,17,18);1H. The number of carbonyl (C=O) groups is 1. The van der Waals surface area contributed by atoms with E-state index in [4.69, 9.17) is 5.73 Å². The van der Waals surface area contributed by atoms with Crippen LogP contribution in [0.5, 0.6) is 0 Å². The predicted molar refractivity (Wildman–Crippen MR) is 71.3 cm³/mol. The molecule has 0 aromatic heterocycles. The first kappa shape index (κ1) is 15.9. The molecule has 0 heterocycles. The van der Waals surface area contributed by atoms with E-state index in [1.807, 2.05) is 0 Å². The molecule has 3 nitrogen and oxygen atoms in total. The summed E-state index contributed by atoms with van der Waals surface area (Å²) < 4.78 is 25.7. The highest BCUT2D eigenvalue weighted by Gasteiger charge is 2.20. The third-order valence-corrected chi connectivity index (χ3v) is 3.29. The quantitative estimate of drug-likeness (QED) is 0.879. The van der Waals surface area contributed by atoms with Crippen molar-refractivity contribution in [3.8, 4) is 0 Å². The Balaban J connectivity index is 0.00000180. The molecule has 0 bridgehead atoms. The number of hydrogen-bond donors (Lipinski definition) is 2. The van der Waals surface area contributed by atoms with Gasteiger partial charge in [0, 0.05) is 17.6 Å². The van der Waals surface area contributed by atoms with Crippen LogP contribution in [0.4, 0.5) is 8.78 Å². The van der Waals surface area contributed by atoms with Crippen LogP contribution in [-0.2, 0) is 0 Å². The lowest BCUT2D eigenvalue weighted by atomic mass is 9.91. The van der Waals surface area contributed by atoms with E-state index in [9.17, 15) is 13.6 Å². The zero-order chi connectivity index (χ0) is 13.1. The fourth-order valence-corrected chi connectivity index (χ4v) is 2.17. The lowest BCUT2D eigenvalue weighted by Crippen LogP contribution is -2.40. The van der Waals surface area contributed by atoms with Crippen LogP contribution in [0.3, 0.4) is 0 Å². The van der Waals surface area contributed by atoms with Gasteiger partial charge in [0.25, 0.3) is 5.91 Å². The van der Waals surface area contributed by atoms with E-state index >= 15 is 0 Å². The molecule has 1 fully saturated rings. The van der Waals surface area contributed by atoms with Crippen LogP contribution in [0.15, 0.2) is 18.2 Å².